The van der Waals surface area contributed by atoms with Crippen molar-refractivity contribution >= 4 is 22.8 Å². The number of rotatable bonds is 8. The molecule has 182 valence electrons. The average Bonchev–Trinajstić information content (AvgIpc) is 3.53. The molecule has 2 heterocycles. The first-order chi connectivity index (χ1) is 17.6. The van der Waals surface area contributed by atoms with Crippen LogP contribution in [0.25, 0.3) is 22.2 Å². The lowest BCUT2D eigenvalue weighted by Gasteiger charge is -2.20. The van der Waals surface area contributed by atoms with Crippen molar-refractivity contribution in [2.24, 2.45) is 4.99 Å². The first-order valence-electron chi connectivity index (χ1n) is 12.8. The summed E-state index contributed by atoms with van der Waals surface area (Å²) in [5.41, 5.74) is 6.45. The van der Waals surface area contributed by atoms with Crippen molar-refractivity contribution in [3.63, 3.8) is 0 Å². The van der Waals surface area contributed by atoms with Crippen LogP contribution in [0.3, 0.4) is 0 Å². The molecule has 6 rings (SSSR count). The number of amidine groups is 1. The van der Waals surface area contributed by atoms with Gasteiger partial charge in [0.2, 0.25) is 0 Å². The molecule has 0 amide bonds. The zero-order valence-electron chi connectivity index (χ0n) is 20.5. The van der Waals surface area contributed by atoms with Crippen molar-refractivity contribution in [3.8, 4) is 11.1 Å². The Kier molecular flexibility index (Phi) is 5.80. The van der Waals surface area contributed by atoms with E-state index in [0.717, 1.165) is 71.9 Å². The first kappa shape index (κ1) is 22.5. The van der Waals surface area contributed by atoms with Crippen molar-refractivity contribution < 1.29 is 9.90 Å². The van der Waals surface area contributed by atoms with Crippen LogP contribution in [0.5, 0.6) is 0 Å². The van der Waals surface area contributed by atoms with Crippen LogP contribution in [0.15, 0.2) is 71.7 Å². The number of fused-ring (bicyclic) bond motifs is 1. The zero-order chi connectivity index (χ0) is 24.6. The van der Waals surface area contributed by atoms with Gasteiger partial charge in [0.05, 0.1) is 23.1 Å². The Labute approximate surface area is 210 Å². The van der Waals surface area contributed by atoms with Gasteiger partial charge in [-0.1, -0.05) is 49.4 Å². The highest BCUT2D eigenvalue weighted by molar-refractivity contribution is 6.02. The van der Waals surface area contributed by atoms with E-state index < -0.39 is 5.97 Å². The fraction of sp³-hybridized carbons (Fsp3) is 0.300. The molecule has 6 nitrogen and oxygen atoms in total. The predicted octanol–water partition coefficient (Wildman–Crippen LogP) is 5.63. The number of aromatic nitrogens is 2. The summed E-state index contributed by atoms with van der Waals surface area (Å²) in [4.78, 5) is 23.9. The summed E-state index contributed by atoms with van der Waals surface area (Å²) in [7, 11) is 0. The lowest BCUT2D eigenvalue weighted by Crippen LogP contribution is -2.30. The fourth-order valence-electron chi connectivity index (χ4n) is 5.26. The monoisotopic (exact) mass is 478 g/mol. The van der Waals surface area contributed by atoms with Crippen LogP contribution in [0.2, 0.25) is 0 Å². The number of carboxylic acids is 1. The predicted molar refractivity (Wildman–Crippen MR) is 143 cm³/mol. The first-order valence-corrected chi connectivity index (χ1v) is 12.8. The minimum absolute atomic E-state index is 0.318. The number of nitrogens with zero attached hydrogens (tertiary/aromatic N) is 4. The lowest BCUT2D eigenvalue weighted by molar-refractivity contribution is 0.0697. The molecule has 6 heteroatoms. The molecule has 2 aliphatic rings. The van der Waals surface area contributed by atoms with Gasteiger partial charge in [-0.15, -0.1) is 0 Å². The largest absolute Gasteiger partial charge is 0.478 e. The summed E-state index contributed by atoms with van der Waals surface area (Å²) in [6.45, 7) is 4.80. The Morgan fingerprint density at radius 2 is 1.81 bits per heavy atom. The second-order valence-electron chi connectivity index (χ2n) is 9.75. The van der Waals surface area contributed by atoms with E-state index in [1.54, 1.807) is 12.1 Å². The number of carboxylic acid groups (broad SMARTS) is 1. The van der Waals surface area contributed by atoms with Crippen LogP contribution in [-0.4, -0.2) is 50.5 Å². The molecular formula is C30H30N4O2. The van der Waals surface area contributed by atoms with Gasteiger partial charge in [0, 0.05) is 31.1 Å². The topological polar surface area (TPSA) is 70.7 Å². The number of benzene rings is 3. The number of hydrogen-bond acceptors (Lipinski definition) is 4. The molecule has 0 bridgehead atoms. The summed E-state index contributed by atoms with van der Waals surface area (Å²) in [6.07, 6.45) is 4.49. The highest BCUT2D eigenvalue weighted by atomic mass is 16.4. The zero-order valence-corrected chi connectivity index (χ0v) is 20.5. The molecule has 0 spiro atoms. The molecule has 4 aromatic rings. The molecule has 1 saturated carbocycles. The highest BCUT2D eigenvalue weighted by Crippen LogP contribution is 2.31. The van der Waals surface area contributed by atoms with E-state index >= 15 is 0 Å². The van der Waals surface area contributed by atoms with E-state index in [2.05, 4.69) is 46.7 Å². The van der Waals surface area contributed by atoms with Gasteiger partial charge < -0.3 is 14.6 Å². The average molecular weight is 479 g/mol. The Morgan fingerprint density at radius 3 is 2.56 bits per heavy atom. The van der Waals surface area contributed by atoms with Gasteiger partial charge in [-0.3, -0.25) is 4.99 Å². The van der Waals surface area contributed by atoms with Gasteiger partial charge in [0.15, 0.2) is 0 Å². The minimum Gasteiger partial charge on any atom is -0.478 e. The molecule has 1 aliphatic carbocycles. The fourth-order valence-corrected chi connectivity index (χ4v) is 5.26. The molecule has 1 N–H and O–H groups in total. The molecule has 3 aromatic carbocycles. The van der Waals surface area contributed by atoms with Crippen molar-refractivity contribution in [2.45, 2.75) is 45.2 Å². The van der Waals surface area contributed by atoms with Gasteiger partial charge in [-0.2, -0.15) is 0 Å². The third-order valence-corrected chi connectivity index (χ3v) is 7.18. The van der Waals surface area contributed by atoms with Crippen LogP contribution in [0.1, 0.15) is 53.5 Å². The van der Waals surface area contributed by atoms with Gasteiger partial charge >= 0.3 is 5.97 Å². The number of imidazole rings is 1. The summed E-state index contributed by atoms with van der Waals surface area (Å²) in [5.74, 6) is 1.31. The smallest absolute Gasteiger partial charge is 0.336 e. The maximum atomic E-state index is 11.7. The standard InChI is InChI=1S/C30H30N4O2/c1-2-5-28-32-26-15-12-22(29-31-16-17-33(29)23-13-14-23)18-27(26)34(28)19-20-8-10-21(11-9-20)24-6-3-4-7-25(24)30(35)36/h3-4,6-12,15,18,23H,2,5,13-14,16-17,19H2,1H3,(H,35,36). The third-order valence-electron chi connectivity index (χ3n) is 7.18. The number of hydrogen-bond donors (Lipinski definition) is 1. The molecule has 0 unspecified atom stereocenters. The summed E-state index contributed by atoms with van der Waals surface area (Å²) < 4.78 is 2.33. The van der Waals surface area contributed by atoms with E-state index in [-0.39, 0.29) is 0 Å². The molecule has 0 radical (unpaired) electrons. The van der Waals surface area contributed by atoms with Crippen LogP contribution in [0.4, 0.5) is 0 Å². The molecular weight excluding hydrogens is 448 g/mol. The van der Waals surface area contributed by atoms with Crippen LogP contribution in [-0.2, 0) is 13.0 Å². The molecule has 0 saturated heterocycles. The molecule has 0 atom stereocenters. The van der Waals surface area contributed by atoms with Crippen molar-refractivity contribution in [3.05, 3.63) is 89.2 Å². The number of aryl methyl sites for hydroxylation is 1. The van der Waals surface area contributed by atoms with E-state index in [9.17, 15) is 9.90 Å². The highest BCUT2D eigenvalue weighted by Gasteiger charge is 2.33. The SMILES string of the molecule is CCCc1nc2ccc(C3=NCCN3C3CC3)cc2n1Cc1ccc(-c2ccccc2C(=O)O)cc1. The lowest BCUT2D eigenvalue weighted by atomic mass is 9.99. The normalized spacial score (nSPS) is 15.5. The molecule has 36 heavy (non-hydrogen) atoms. The van der Waals surface area contributed by atoms with Gasteiger partial charge in [0.25, 0.3) is 0 Å². The third kappa shape index (κ3) is 4.17. The van der Waals surface area contributed by atoms with Crippen molar-refractivity contribution in [1.82, 2.24) is 14.5 Å². The quantitative estimate of drug-likeness (QED) is 0.356. The van der Waals surface area contributed by atoms with E-state index in [1.807, 2.05) is 24.3 Å². The van der Waals surface area contributed by atoms with E-state index in [4.69, 9.17) is 9.98 Å². The van der Waals surface area contributed by atoms with Crippen LogP contribution >= 0.6 is 0 Å². The summed E-state index contributed by atoms with van der Waals surface area (Å²) >= 11 is 0. The van der Waals surface area contributed by atoms with Gasteiger partial charge in [0.1, 0.15) is 11.7 Å². The molecule has 1 fully saturated rings. The second kappa shape index (κ2) is 9.26. The second-order valence-corrected chi connectivity index (χ2v) is 9.75. The molecule has 1 aliphatic heterocycles. The number of carbonyl (C=O) groups is 1. The van der Waals surface area contributed by atoms with Gasteiger partial charge in [-0.25, -0.2) is 9.78 Å². The number of aromatic carboxylic acids is 1. The molecule has 1 aromatic heterocycles. The summed E-state index contributed by atoms with van der Waals surface area (Å²) in [5, 5.41) is 9.56. The van der Waals surface area contributed by atoms with E-state index in [0.29, 0.717) is 11.6 Å². The van der Waals surface area contributed by atoms with Crippen LogP contribution in [0, 0.1) is 0 Å². The maximum Gasteiger partial charge on any atom is 0.336 e. The number of aliphatic imine (C=N–C) groups is 1. The van der Waals surface area contributed by atoms with Crippen molar-refractivity contribution in [1.29, 1.82) is 0 Å². The van der Waals surface area contributed by atoms with Crippen LogP contribution < -0.4 is 0 Å². The van der Waals surface area contributed by atoms with Gasteiger partial charge in [-0.05, 0) is 60.2 Å². The Hall–Kier alpha value is -3.93. The minimum atomic E-state index is -0.910. The Bertz CT molecular complexity index is 1460. The maximum absolute atomic E-state index is 11.7. The van der Waals surface area contributed by atoms with E-state index in [1.165, 1.54) is 18.4 Å². The van der Waals surface area contributed by atoms with Crippen molar-refractivity contribution in [2.75, 3.05) is 13.1 Å². The Balaban J connectivity index is 1.34. The Morgan fingerprint density at radius 1 is 1.03 bits per heavy atom. The summed E-state index contributed by atoms with van der Waals surface area (Å²) in [6, 6.07) is 22.6.